The van der Waals surface area contributed by atoms with Crippen LogP contribution in [0.15, 0.2) is 12.7 Å². The van der Waals surface area contributed by atoms with Gasteiger partial charge in [0.15, 0.2) is 0 Å². The lowest BCUT2D eigenvalue weighted by molar-refractivity contribution is 0.0207. The first-order valence-corrected chi connectivity index (χ1v) is 3.79. The van der Waals surface area contributed by atoms with Gasteiger partial charge in [0.1, 0.15) is 0 Å². The van der Waals surface area contributed by atoms with Crippen LogP contribution in [0.2, 0.25) is 0 Å². The molecule has 0 rings (SSSR count). The first-order valence-electron chi connectivity index (χ1n) is 2.67. The van der Waals surface area contributed by atoms with Crippen molar-refractivity contribution in [3.63, 3.8) is 0 Å². The van der Waals surface area contributed by atoms with Crippen molar-refractivity contribution < 1.29 is 8.78 Å². The fourth-order valence-corrected chi connectivity index (χ4v) is 0.660. The molecule has 3 heteroatoms. The minimum atomic E-state index is -2.56. The SMILES string of the molecule is C=CCCC(F)(F)CBr. The number of rotatable bonds is 4. The van der Waals surface area contributed by atoms with Crippen LogP contribution in [0.5, 0.6) is 0 Å². The van der Waals surface area contributed by atoms with Crippen molar-refractivity contribution in [1.29, 1.82) is 0 Å². The molecule has 0 N–H and O–H groups in total. The van der Waals surface area contributed by atoms with Gasteiger partial charge >= 0.3 is 0 Å². The van der Waals surface area contributed by atoms with Crippen molar-refractivity contribution >= 4 is 15.9 Å². The predicted octanol–water partition coefficient (Wildman–Crippen LogP) is 2.98. The summed E-state index contributed by atoms with van der Waals surface area (Å²) in [5.74, 6) is -2.56. The van der Waals surface area contributed by atoms with Crippen LogP contribution >= 0.6 is 15.9 Å². The number of halogens is 3. The maximum absolute atomic E-state index is 12.2. The normalized spacial score (nSPS) is 11.4. The Bertz CT molecular complexity index is 91.1. The molecule has 0 fully saturated rings. The van der Waals surface area contributed by atoms with Crippen LogP contribution in [0.3, 0.4) is 0 Å². The van der Waals surface area contributed by atoms with E-state index in [9.17, 15) is 8.78 Å². The summed E-state index contributed by atoms with van der Waals surface area (Å²) in [6.07, 6.45) is 1.76. The van der Waals surface area contributed by atoms with Gasteiger partial charge in [0, 0.05) is 6.42 Å². The van der Waals surface area contributed by atoms with Crippen molar-refractivity contribution in [1.82, 2.24) is 0 Å². The summed E-state index contributed by atoms with van der Waals surface area (Å²) in [4.78, 5) is 0. The summed E-state index contributed by atoms with van der Waals surface area (Å²) in [6.45, 7) is 3.35. The van der Waals surface area contributed by atoms with E-state index in [2.05, 4.69) is 22.5 Å². The Morgan fingerprint density at radius 1 is 1.56 bits per heavy atom. The Hall–Kier alpha value is 0.0800. The quantitative estimate of drug-likeness (QED) is 0.482. The van der Waals surface area contributed by atoms with Crippen molar-refractivity contribution in [2.45, 2.75) is 18.8 Å². The van der Waals surface area contributed by atoms with Crippen LogP contribution in [0.1, 0.15) is 12.8 Å². The Labute approximate surface area is 62.1 Å². The molecule has 54 valence electrons. The molecular formula is C6H9BrF2. The molecule has 0 unspecified atom stereocenters. The summed E-state index contributed by atoms with van der Waals surface area (Å²) in [7, 11) is 0. The Morgan fingerprint density at radius 2 is 2.11 bits per heavy atom. The number of alkyl halides is 3. The van der Waals surface area contributed by atoms with Gasteiger partial charge in [-0.2, -0.15) is 0 Å². The topological polar surface area (TPSA) is 0 Å². The zero-order valence-electron chi connectivity index (χ0n) is 5.04. The van der Waals surface area contributed by atoms with Crippen LogP contribution in [0.25, 0.3) is 0 Å². The van der Waals surface area contributed by atoms with E-state index in [1.165, 1.54) is 6.08 Å². The zero-order valence-corrected chi connectivity index (χ0v) is 6.63. The largest absolute Gasteiger partial charge is 0.257 e. The fraction of sp³-hybridized carbons (Fsp3) is 0.667. The molecule has 0 spiro atoms. The zero-order chi connectivity index (χ0) is 7.33. The maximum Gasteiger partial charge on any atom is 0.257 e. The molecule has 0 nitrogen and oxygen atoms in total. The molecule has 0 atom stereocenters. The fourth-order valence-electron chi connectivity index (χ4n) is 0.380. The number of hydrogen-bond acceptors (Lipinski definition) is 0. The third-order valence-electron chi connectivity index (χ3n) is 0.910. The summed E-state index contributed by atoms with van der Waals surface area (Å²) < 4.78 is 24.5. The molecule has 0 aliphatic heterocycles. The standard InChI is InChI=1S/C6H9BrF2/c1-2-3-4-6(8,9)5-7/h2H,1,3-5H2. The summed E-state index contributed by atoms with van der Waals surface area (Å²) in [6, 6.07) is 0. The van der Waals surface area contributed by atoms with Gasteiger partial charge in [-0.1, -0.05) is 22.0 Å². The molecule has 0 aliphatic rings. The highest BCUT2D eigenvalue weighted by molar-refractivity contribution is 9.09. The molecule has 0 saturated carbocycles. The highest BCUT2D eigenvalue weighted by atomic mass is 79.9. The van der Waals surface area contributed by atoms with Gasteiger partial charge in [-0.15, -0.1) is 6.58 Å². The highest BCUT2D eigenvalue weighted by Gasteiger charge is 2.25. The van der Waals surface area contributed by atoms with Gasteiger partial charge in [-0.05, 0) is 6.42 Å². The van der Waals surface area contributed by atoms with Crippen molar-refractivity contribution in [3.8, 4) is 0 Å². The monoisotopic (exact) mass is 198 g/mol. The number of allylic oxidation sites excluding steroid dienone is 1. The van der Waals surface area contributed by atoms with Crippen LogP contribution in [-0.4, -0.2) is 11.3 Å². The lowest BCUT2D eigenvalue weighted by atomic mass is 10.2. The van der Waals surface area contributed by atoms with Gasteiger partial charge in [0.2, 0.25) is 0 Å². The van der Waals surface area contributed by atoms with E-state index >= 15 is 0 Å². The first-order chi connectivity index (χ1) is 4.12. The minimum absolute atomic E-state index is 0.109. The van der Waals surface area contributed by atoms with Crippen LogP contribution in [-0.2, 0) is 0 Å². The summed E-state index contributed by atoms with van der Waals surface area (Å²) in [5, 5.41) is -0.256. The molecule has 0 bridgehead atoms. The number of hydrogen-bond donors (Lipinski definition) is 0. The molecule has 0 amide bonds. The smallest absolute Gasteiger partial charge is 0.206 e. The van der Waals surface area contributed by atoms with Gasteiger partial charge < -0.3 is 0 Å². The summed E-state index contributed by atoms with van der Waals surface area (Å²) >= 11 is 2.72. The van der Waals surface area contributed by atoms with Gasteiger partial charge in [0.05, 0.1) is 5.33 Å². The molecule has 0 radical (unpaired) electrons. The Kier molecular flexibility index (Phi) is 4.02. The Balaban J connectivity index is 3.44. The molecule has 9 heavy (non-hydrogen) atoms. The molecule has 0 heterocycles. The van der Waals surface area contributed by atoms with Crippen molar-refractivity contribution in [3.05, 3.63) is 12.7 Å². The Morgan fingerprint density at radius 3 is 2.44 bits per heavy atom. The molecule has 0 saturated heterocycles. The first kappa shape index (κ1) is 9.08. The van der Waals surface area contributed by atoms with Crippen molar-refractivity contribution in [2.75, 3.05) is 5.33 Å². The highest BCUT2D eigenvalue weighted by Crippen LogP contribution is 2.22. The van der Waals surface area contributed by atoms with E-state index in [-0.39, 0.29) is 11.8 Å². The van der Waals surface area contributed by atoms with E-state index < -0.39 is 5.92 Å². The van der Waals surface area contributed by atoms with Gasteiger partial charge in [0.25, 0.3) is 5.92 Å². The van der Waals surface area contributed by atoms with E-state index in [4.69, 9.17) is 0 Å². The van der Waals surface area contributed by atoms with Gasteiger partial charge in [-0.3, -0.25) is 0 Å². The molecule has 0 aromatic carbocycles. The third-order valence-corrected chi connectivity index (χ3v) is 1.73. The molecule has 0 aliphatic carbocycles. The second-order valence-electron chi connectivity index (χ2n) is 1.82. The predicted molar refractivity (Wildman–Crippen MR) is 38.2 cm³/mol. The summed E-state index contributed by atoms with van der Waals surface area (Å²) in [5.41, 5.74) is 0. The van der Waals surface area contributed by atoms with Crippen molar-refractivity contribution in [2.24, 2.45) is 0 Å². The van der Waals surface area contributed by atoms with Gasteiger partial charge in [-0.25, -0.2) is 8.78 Å². The van der Waals surface area contributed by atoms with E-state index in [0.717, 1.165) is 0 Å². The average Bonchev–Trinajstić information content (AvgIpc) is 1.84. The average molecular weight is 199 g/mol. The van der Waals surface area contributed by atoms with Crippen LogP contribution in [0, 0.1) is 0 Å². The second-order valence-corrected chi connectivity index (χ2v) is 2.38. The second kappa shape index (κ2) is 3.99. The third kappa shape index (κ3) is 4.58. The van der Waals surface area contributed by atoms with Crippen LogP contribution in [0.4, 0.5) is 8.78 Å². The lowest BCUT2D eigenvalue weighted by Gasteiger charge is -2.09. The minimum Gasteiger partial charge on any atom is -0.206 e. The molecule has 0 aromatic heterocycles. The van der Waals surface area contributed by atoms with E-state index in [1.54, 1.807) is 0 Å². The molecule has 0 aromatic rings. The van der Waals surface area contributed by atoms with E-state index in [0.29, 0.717) is 6.42 Å². The van der Waals surface area contributed by atoms with Crippen LogP contribution < -0.4 is 0 Å². The van der Waals surface area contributed by atoms with E-state index in [1.807, 2.05) is 0 Å². The lowest BCUT2D eigenvalue weighted by Crippen LogP contribution is -2.16. The maximum atomic E-state index is 12.2. The molecular weight excluding hydrogens is 190 g/mol.